The van der Waals surface area contributed by atoms with Gasteiger partial charge in [0.25, 0.3) is 11.6 Å². The number of amides is 1. The van der Waals surface area contributed by atoms with Crippen LogP contribution in [0.3, 0.4) is 0 Å². The number of non-ortho nitro benzene ring substituents is 1. The first-order valence-electron chi connectivity index (χ1n) is 6.51. The molecule has 5 nitrogen and oxygen atoms in total. The monoisotopic (exact) mass is 282 g/mol. The maximum absolute atomic E-state index is 14.1. The number of nitro benzene ring substituents is 1. The lowest BCUT2D eigenvalue weighted by atomic mass is 10.1. The zero-order valence-electron chi connectivity index (χ0n) is 12.1. The molecule has 0 unspecified atom stereocenters. The number of carbonyl (C=O) groups is 1. The first-order valence-corrected chi connectivity index (χ1v) is 6.51. The number of hydrogen-bond acceptors (Lipinski definition) is 3. The normalized spacial score (nSPS) is 10.7. The smallest absolute Gasteiger partial charge is 0.270 e. The van der Waals surface area contributed by atoms with Crippen LogP contribution in [0.5, 0.6) is 0 Å². The van der Waals surface area contributed by atoms with Gasteiger partial charge in [-0.3, -0.25) is 14.9 Å². The van der Waals surface area contributed by atoms with E-state index < -0.39 is 16.6 Å². The predicted molar refractivity (Wildman–Crippen MR) is 74.2 cm³/mol. The van der Waals surface area contributed by atoms with E-state index >= 15 is 0 Å². The van der Waals surface area contributed by atoms with E-state index in [1.165, 1.54) is 11.8 Å². The van der Waals surface area contributed by atoms with Crippen LogP contribution >= 0.6 is 0 Å². The minimum atomic E-state index is -0.692. The highest BCUT2D eigenvalue weighted by Gasteiger charge is 2.23. The average Bonchev–Trinajstić information content (AvgIpc) is 2.37. The predicted octanol–water partition coefficient (Wildman–Crippen LogP) is 3.16. The van der Waals surface area contributed by atoms with Crippen LogP contribution in [0, 0.1) is 28.8 Å². The molecule has 0 radical (unpaired) electrons. The fourth-order valence-corrected chi connectivity index (χ4v) is 1.98. The molecule has 0 atom stereocenters. The van der Waals surface area contributed by atoms with E-state index in [2.05, 4.69) is 0 Å². The molecule has 0 aliphatic rings. The Balaban J connectivity index is 3.23. The first-order chi connectivity index (χ1) is 9.27. The second-order valence-electron chi connectivity index (χ2n) is 5.12. The molecular formula is C14H19FN2O3. The topological polar surface area (TPSA) is 63.5 Å². The number of benzene rings is 1. The van der Waals surface area contributed by atoms with Gasteiger partial charge in [0.15, 0.2) is 0 Å². The fraction of sp³-hybridized carbons (Fsp3) is 0.500. The van der Waals surface area contributed by atoms with Crippen molar-refractivity contribution in [1.29, 1.82) is 0 Å². The van der Waals surface area contributed by atoms with Crippen molar-refractivity contribution in [2.24, 2.45) is 5.92 Å². The van der Waals surface area contributed by atoms with Gasteiger partial charge < -0.3 is 4.90 Å². The van der Waals surface area contributed by atoms with E-state index in [0.29, 0.717) is 13.1 Å². The van der Waals surface area contributed by atoms with Crippen molar-refractivity contribution >= 4 is 11.6 Å². The Bertz CT molecular complexity index is 529. The first kappa shape index (κ1) is 16.1. The SMILES string of the molecule is CCN(CC(C)C)C(=O)c1cc([N+](=O)[O-])cc(C)c1F. The second kappa shape index (κ2) is 6.45. The maximum atomic E-state index is 14.1. The third kappa shape index (κ3) is 3.53. The molecule has 1 amide bonds. The molecule has 1 aromatic rings. The molecule has 0 aromatic heterocycles. The number of rotatable bonds is 5. The molecule has 0 aliphatic heterocycles. The minimum Gasteiger partial charge on any atom is -0.339 e. The van der Waals surface area contributed by atoms with Crippen molar-refractivity contribution in [1.82, 2.24) is 4.90 Å². The van der Waals surface area contributed by atoms with E-state index in [1.54, 1.807) is 6.92 Å². The molecule has 0 saturated heterocycles. The Morgan fingerprint density at radius 2 is 2.05 bits per heavy atom. The van der Waals surface area contributed by atoms with E-state index in [9.17, 15) is 19.3 Å². The van der Waals surface area contributed by atoms with Crippen molar-refractivity contribution in [3.63, 3.8) is 0 Å². The summed E-state index contributed by atoms with van der Waals surface area (Å²) in [5.41, 5.74) is -0.407. The molecule has 0 heterocycles. The van der Waals surface area contributed by atoms with Gasteiger partial charge in [-0.1, -0.05) is 13.8 Å². The highest BCUT2D eigenvalue weighted by molar-refractivity contribution is 5.95. The van der Waals surface area contributed by atoms with Crippen molar-refractivity contribution in [2.75, 3.05) is 13.1 Å². The van der Waals surface area contributed by atoms with E-state index in [-0.39, 0.29) is 22.7 Å². The lowest BCUT2D eigenvalue weighted by Gasteiger charge is -2.23. The van der Waals surface area contributed by atoms with Gasteiger partial charge in [-0.25, -0.2) is 4.39 Å². The molecule has 20 heavy (non-hydrogen) atoms. The van der Waals surface area contributed by atoms with Gasteiger partial charge in [0.05, 0.1) is 10.5 Å². The molecular weight excluding hydrogens is 263 g/mol. The largest absolute Gasteiger partial charge is 0.339 e. The van der Waals surface area contributed by atoms with Crippen molar-refractivity contribution < 1.29 is 14.1 Å². The summed E-state index contributed by atoms with van der Waals surface area (Å²) < 4.78 is 14.1. The van der Waals surface area contributed by atoms with Crippen LogP contribution in [-0.4, -0.2) is 28.8 Å². The number of carbonyl (C=O) groups excluding carboxylic acids is 1. The Labute approximate surface area is 117 Å². The van der Waals surface area contributed by atoms with Crippen molar-refractivity contribution in [3.8, 4) is 0 Å². The standard InChI is InChI=1S/C14H19FN2O3/c1-5-16(8-9(2)3)14(18)12-7-11(17(19)20)6-10(4)13(12)15/h6-7,9H,5,8H2,1-4H3. The highest BCUT2D eigenvalue weighted by Crippen LogP contribution is 2.22. The molecule has 6 heteroatoms. The Hall–Kier alpha value is -1.98. The summed E-state index contributed by atoms with van der Waals surface area (Å²) >= 11 is 0. The minimum absolute atomic E-state index is 0.100. The Kier molecular flexibility index (Phi) is 5.19. The van der Waals surface area contributed by atoms with Crippen molar-refractivity contribution in [2.45, 2.75) is 27.7 Å². The quantitative estimate of drug-likeness (QED) is 0.615. The zero-order chi connectivity index (χ0) is 15.4. The van der Waals surface area contributed by atoms with E-state index in [4.69, 9.17) is 0 Å². The lowest BCUT2D eigenvalue weighted by molar-refractivity contribution is -0.385. The third-order valence-corrected chi connectivity index (χ3v) is 2.93. The zero-order valence-corrected chi connectivity index (χ0v) is 12.1. The number of hydrogen-bond donors (Lipinski definition) is 0. The summed E-state index contributed by atoms with van der Waals surface area (Å²) in [4.78, 5) is 24.0. The molecule has 0 bridgehead atoms. The number of nitrogens with zero attached hydrogens (tertiary/aromatic N) is 2. The van der Waals surface area contributed by atoms with Gasteiger partial charge in [0.2, 0.25) is 0 Å². The number of halogens is 1. The molecule has 0 N–H and O–H groups in total. The molecule has 110 valence electrons. The summed E-state index contributed by atoms with van der Waals surface area (Å²) in [6, 6.07) is 2.14. The lowest BCUT2D eigenvalue weighted by Crippen LogP contribution is -2.34. The van der Waals surface area contributed by atoms with Gasteiger partial charge in [-0.15, -0.1) is 0 Å². The van der Waals surface area contributed by atoms with Crippen LogP contribution < -0.4 is 0 Å². The van der Waals surface area contributed by atoms with Crippen LogP contribution in [0.4, 0.5) is 10.1 Å². The third-order valence-electron chi connectivity index (χ3n) is 2.93. The summed E-state index contributed by atoms with van der Waals surface area (Å²) in [6.07, 6.45) is 0. The molecule has 0 spiro atoms. The van der Waals surface area contributed by atoms with Gasteiger partial charge in [0.1, 0.15) is 5.82 Å². The van der Waals surface area contributed by atoms with Crippen LogP contribution in [0.1, 0.15) is 36.7 Å². The van der Waals surface area contributed by atoms with Crippen molar-refractivity contribution in [3.05, 3.63) is 39.2 Å². The van der Waals surface area contributed by atoms with E-state index in [0.717, 1.165) is 12.1 Å². The van der Waals surface area contributed by atoms with Gasteiger partial charge >= 0.3 is 0 Å². The summed E-state index contributed by atoms with van der Waals surface area (Å²) in [7, 11) is 0. The Morgan fingerprint density at radius 1 is 1.45 bits per heavy atom. The van der Waals surface area contributed by atoms with Crippen LogP contribution in [0.25, 0.3) is 0 Å². The van der Waals surface area contributed by atoms with Crippen LogP contribution in [-0.2, 0) is 0 Å². The molecule has 0 aliphatic carbocycles. The molecule has 1 rings (SSSR count). The molecule has 1 aromatic carbocycles. The summed E-state index contributed by atoms with van der Waals surface area (Å²) in [6.45, 7) is 8.02. The van der Waals surface area contributed by atoms with Crippen LogP contribution in [0.2, 0.25) is 0 Å². The highest BCUT2D eigenvalue weighted by atomic mass is 19.1. The van der Waals surface area contributed by atoms with Gasteiger partial charge in [0, 0.05) is 25.2 Å². The number of nitro groups is 1. The number of aryl methyl sites for hydroxylation is 1. The summed E-state index contributed by atoms with van der Waals surface area (Å²) in [5, 5.41) is 10.8. The maximum Gasteiger partial charge on any atom is 0.270 e. The van der Waals surface area contributed by atoms with Gasteiger partial charge in [-0.2, -0.15) is 0 Å². The van der Waals surface area contributed by atoms with Crippen LogP contribution in [0.15, 0.2) is 12.1 Å². The second-order valence-corrected chi connectivity index (χ2v) is 5.12. The van der Waals surface area contributed by atoms with Gasteiger partial charge in [-0.05, 0) is 25.3 Å². The average molecular weight is 282 g/mol. The Morgan fingerprint density at radius 3 is 2.50 bits per heavy atom. The molecule has 0 fully saturated rings. The van der Waals surface area contributed by atoms with E-state index in [1.807, 2.05) is 13.8 Å². The molecule has 0 saturated carbocycles. The fourth-order valence-electron chi connectivity index (χ4n) is 1.98. The summed E-state index contributed by atoms with van der Waals surface area (Å²) in [5.74, 6) is -0.963.